The first-order valence-electron chi connectivity index (χ1n) is 14.6. The van der Waals surface area contributed by atoms with Gasteiger partial charge in [0.05, 0.1) is 12.7 Å². The fourth-order valence-electron chi connectivity index (χ4n) is 6.07. The van der Waals surface area contributed by atoms with Gasteiger partial charge in [-0.15, -0.1) is 24.8 Å². The number of halogens is 2. The normalized spacial score (nSPS) is 14.8. The molecule has 1 atom stereocenters. The van der Waals surface area contributed by atoms with Crippen molar-refractivity contribution in [1.29, 1.82) is 0 Å². The zero-order valence-electron chi connectivity index (χ0n) is 24.4. The molecule has 1 aromatic heterocycles. The van der Waals surface area contributed by atoms with Crippen LogP contribution in [0, 0.1) is 0 Å². The maximum atomic E-state index is 13.7. The molecular weight excluding hydrogens is 579 g/mol. The fourth-order valence-corrected chi connectivity index (χ4v) is 6.07. The molecule has 5 aromatic rings. The number of piperazine rings is 1. The summed E-state index contributed by atoms with van der Waals surface area (Å²) in [6, 6.07) is 28.8. The van der Waals surface area contributed by atoms with Crippen LogP contribution in [0.4, 0.5) is 0 Å². The minimum Gasteiger partial charge on any atom is -0.336 e. The van der Waals surface area contributed by atoms with E-state index in [-0.39, 0.29) is 42.7 Å². The van der Waals surface area contributed by atoms with Gasteiger partial charge in [-0.25, -0.2) is 4.98 Å². The van der Waals surface area contributed by atoms with Crippen molar-refractivity contribution in [2.75, 3.05) is 19.6 Å². The number of unbranched alkanes of at least 4 members (excludes halogenated alkanes) is 1. The van der Waals surface area contributed by atoms with Gasteiger partial charge in [-0.2, -0.15) is 0 Å². The SMILES string of the molecule is CCCCC1CN(C(=O)c2cccc3ccccc23)CCN1C(=O)Cc1cncn1Cc1ccc2ccccc2c1.Cl.Cl. The highest BCUT2D eigenvalue weighted by atomic mass is 35.5. The van der Waals surface area contributed by atoms with Crippen LogP contribution in [0.1, 0.15) is 47.8 Å². The first-order valence-corrected chi connectivity index (χ1v) is 14.6. The van der Waals surface area contributed by atoms with Gasteiger partial charge in [0.15, 0.2) is 0 Å². The average Bonchev–Trinajstić information content (AvgIpc) is 3.45. The summed E-state index contributed by atoms with van der Waals surface area (Å²) in [5, 5.41) is 4.46. The Bertz CT molecular complexity index is 1700. The van der Waals surface area contributed by atoms with Gasteiger partial charge in [0.25, 0.3) is 5.91 Å². The van der Waals surface area contributed by atoms with Gasteiger partial charge in [0.2, 0.25) is 5.91 Å². The number of benzene rings is 4. The van der Waals surface area contributed by atoms with Gasteiger partial charge in [-0.3, -0.25) is 9.59 Å². The van der Waals surface area contributed by atoms with E-state index in [1.54, 1.807) is 6.20 Å². The highest BCUT2D eigenvalue weighted by molar-refractivity contribution is 6.07. The molecule has 1 saturated heterocycles. The molecule has 0 saturated carbocycles. The third-order valence-electron chi connectivity index (χ3n) is 8.30. The third kappa shape index (κ3) is 7.03. The summed E-state index contributed by atoms with van der Waals surface area (Å²) in [6.45, 7) is 4.47. The van der Waals surface area contributed by atoms with Crippen LogP contribution in [-0.4, -0.2) is 56.8 Å². The third-order valence-corrected chi connectivity index (χ3v) is 8.30. The largest absolute Gasteiger partial charge is 0.336 e. The average molecular weight is 618 g/mol. The predicted octanol–water partition coefficient (Wildman–Crippen LogP) is 7.17. The number of hydrogen-bond acceptors (Lipinski definition) is 3. The quantitative estimate of drug-likeness (QED) is 0.186. The van der Waals surface area contributed by atoms with E-state index in [2.05, 4.69) is 58.9 Å². The lowest BCUT2D eigenvalue weighted by Crippen LogP contribution is -2.57. The summed E-state index contributed by atoms with van der Waals surface area (Å²) < 4.78 is 2.07. The van der Waals surface area contributed by atoms with Crippen LogP contribution in [0.25, 0.3) is 21.5 Å². The second-order valence-electron chi connectivity index (χ2n) is 11.0. The predicted molar refractivity (Wildman–Crippen MR) is 178 cm³/mol. The van der Waals surface area contributed by atoms with Crippen molar-refractivity contribution in [3.63, 3.8) is 0 Å². The second-order valence-corrected chi connectivity index (χ2v) is 11.0. The summed E-state index contributed by atoms with van der Waals surface area (Å²) in [4.78, 5) is 35.7. The van der Waals surface area contributed by atoms with Crippen molar-refractivity contribution >= 4 is 58.2 Å². The summed E-state index contributed by atoms with van der Waals surface area (Å²) in [5.41, 5.74) is 2.82. The number of fused-ring (bicyclic) bond motifs is 2. The molecule has 43 heavy (non-hydrogen) atoms. The van der Waals surface area contributed by atoms with Gasteiger partial charge >= 0.3 is 0 Å². The molecule has 0 N–H and O–H groups in total. The monoisotopic (exact) mass is 616 g/mol. The molecule has 4 aromatic carbocycles. The molecule has 1 aliphatic rings. The highest BCUT2D eigenvalue weighted by Crippen LogP contribution is 2.24. The Balaban J connectivity index is 0.00000212. The Morgan fingerprint density at radius 3 is 2.42 bits per heavy atom. The maximum absolute atomic E-state index is 13.7. The van der Waals surface area contributed by atoms with Crippen molar-refractivity contribution in [2.24, 2.45) is 0 Å². The molecule has 0 spiro atoms. The van der Waals surface area contributed by atoms with Crippen molar-refractivity contribution in [3.8, 4) is 0 Å². The van der Waals surface area contributed by atoms with E-state index >= 15 is 0 Å². The van der Waals surface area contributed by atoms with Crippen LogP contribution in [0.3, 0.4) is 0 Å². The number of aromatic nitrogens is 2. The molecule has 0 aliphatic carbocycles. The topological polar surface area (TPSA) is 58.4 Å². The van der Waals surface area contributed by atoms with E-state index in [1.165, 1.54) is 16.3 Å². The van der Waals surface area contributed by atoms with E-state index in [0.29, 0.717) is 32.6 Å². The second kappa shape index (κ2) is 14.5. The van der Waals surface area contributed by atoms with Crippen LogP contribution < -0.4 is 0 Å². The maximum Gasteiger partial charge on any atom is 0.254 e. The number of imidazole rings is 1. The van der Waals surface area contributed by atoms with Crippen molar-refractivity contribution in [3.05, 3.63) is 114 Å². The van der Waals surface area contributed by atoms with Gasteiger partial charge in [0, 0.05) is 49.7 Å². The van der Waals surface area contributed by atoms with E-state index in [1.807, 2.05) is 58.6 Å². The van der Waals surface area contributed by atoms with Crippen LogP contribution >= 0.6 is 24.8 Å². The molecule has 0 bridgehead atoms. The fraction of sp³-hybridized carbons (Fsp3) is 0.286. The molecule has 1 aliphatic heterocycles. The Hall–Kier alpha value is -3.87. The molecule has 8 heteroatoms. The lowest BCUT2D eigenvalue weighted by molar-refractivity contribution is -0.135. The molecule has 224 valence electrons. The van der Waals surface area contributed by atoms with Crippen molar-refractivity contribution in [2.45, 2.75) is 45.2 Å². The Morgan fingerprint density at radius 1 is 0.860 bits per heavy atom. The molecule has 6 nitrogen and oxygen atoms in total. The van der Waals surface area contributed by atoms with Gasteiger partial charge < -0.3 is 14.4 Å². The number of amides is 2. The lowest BCUT2D eigenvalue weighted by atomic mass is 10.0. The summed E-state index contributed by atoms with van der Waals surface area (Å²) in [6.07, 6.45) is 6.87. The number of carbonyl (C=O) groups is 2. The first kappa shape index (κ1) is 32.1. The number of carbonyl (C=O) groups excluding carboxylic acids is 2. The first-order chi connectivity index (χ1) is 20.1. The smallest absolute Gasteiger partial charge is 0.254 e. The van der Waals surface area contributed by atoms with Gasteiger partial charge in [0.1, 0.15) is 0 Å². The molecule has 6 rings (SSSR count). The minimum absolute atomic E-state index is 0. The van der Waals surface area contributed by atoms with Crippen molar-refractivity contribution in [1.82, 2.24) is 19.4 Å². The summed E-state index contributed by atoms with van der Waals surface area (Å²) in [5.74, 6) is 0.146. The standard InChI is InChI=1S/C35H36N4O2.2ClH/c1-2-3-13-30-24-37(35(41)33-15-8-12-28-10-6-7-14-32(28)33)18-19-39(30)34(40)21-31-22-36-25-38(31)23-26-16-17-27-9-4-5-11-29(27)20-26;;/h4-12,14-17,20,22,25,30H,2-3,13,18-19,21,23-24H2,1H3;2*1H. The van der Waals surface area contributed by atoms with Crippen LogP contribution in [0.2, 0.25) is 0 Å². The van der Waals surface area contributed by atoms with Crippen LogP contribution in [0.5, 0.6) is 0 Å². The number of rotatable bonds is 8. The van der Waals surface area contributed by atoms with Crippen molar-refractivity contribution < 1.29 is 9.59 Å². The summed E-state index contributed by atoms with van der Waals surface area (Å²) in [7, 11) is 0. The zero-order chi connectivity index (χ0) is 28.2. The molecule has 0 radical (unpaired) electrons. The minimum atomic E-state index is 0. The van der Waals surface area contributed by atoms with E-state index in [4.69, 9.17) is 0 Å². The highest BCUT2D eigenvalue weighted by Gasteiger charge is 2.33. The van der Waals surface area contributed by atoms with Gasteiger partial charge in [-0.05, 0) is 45.7 Å². The molecular formula is C35H38Cl2N4O2. The number of nitrogens with zero attached hydrogens (tertiary/aromatic N) is 4. The Morgan fingerprint density at radius 2 is 1.60 bits per heavy atom. The Labute approximate surface area is 265 Å². The van der Waals surface area contributed by atoms with Crippen LogP contribution in [0.15, 0.2) is 97.5 Å². The van der Waals surface area contributed by atoms with E-state index in [9.17, 15) is 9.59 Å². The molecule has 2 amide bonds. The molecule has 1 fully saturated rings. The molecule has 1 unspecified atom stereocenters. The lowest BCUT2D eigenvalue weighted by Gasteiger charge is -2.42. The zero-order valence-corrected chi connectivity index (χ0v) is 26.0. The Kier molecular flexibility index (Phi) is 10.8. The number of hydrogen-bond donors (Lipinski definition) is 0. The molecule has 2 heterocycles. The van der Waals surface area contributed by atoms with Gasteiger partial charge in [-0.1, -0.05) is 92.6 Å². The van der Waals surface area contributed by atoms with Crippen LogP contribution in [-0.2, 0) is 17.8 Å². The van der Waals surface area contributed by atoms with E-state index in [0.717, 1.165) is 41.3 Å². The summed E-state index contributed by atoms with van der Waals surface area (Å²) >= 11 is 0. The van der Waals surface area contributed by atoms with E-state index < -0.39 is 0 Å².